The van der Waals surface area contributed by atoms with Crippen molar-refractivity contribution in [3.63, 3.8) is 0 Å². The molecule has 0 aliphatic carbocycles. The van der Waals surface area contributed by atoms with Gasteiger partial charge in [0.15, 0.2) is 0 Å². The predicted octanol–water partition coefficient (Wildman–Crippen LogP) is 1.83. The van der Waals surface area contributed by atoms with Crippen LogP contribution in [0.25, 0.3) is 0 Å². The van der Waals surface area contributed by atoms with E-state index in [1.54, 1.807) is 0 Å². The van der Waals surface area contributed by atoms with Crippen molar-refractivity contribution in [2.24, 2.45) is 0 Å². The lowest BCUT2D eigenvalue weighted by Gasteiger charge is -2.14. The van der Waals surface area contributed by atoms with Crippen LogP contribution in [-0.4, -0.2) is 24.7 Å². The molecule has 0 atom stereocenters. The molecule has 0 saturated heterocycles. The van der Waals surface area contributed by atoms with E-state index in [2.05, 4.69) is 16.4 Å². The van der Waals surface area contributed by atoms with E-state index in [0.717, 1.165) is 44.1 Å². The number of aryl methyl sites for hydroxylation is 1. The molecule has 0 fully saturated rings. The highest BCUT2D eigenvalue weighted by Gasteiger charge is 2.03. The van der Waals surface area contributed by atoms with Crippen molar-refractivity contribution < 1.29 is 4.74 Å². The van der Waals surface area contributed by atoms with Crippen LogP contribution in [0.15, 0.2) is 29.8 Å². The molecule has 1 aliphatic rings. The summed E-state index contributed by atoms with van der Waals surface area (Å²) in [5.41, 5.74) is 3.51. The number of pyridine rings is 1. The maximum Gasteiger partial charge on any atom is 0.0689 e. The summed E-state index contributed by atoms with van der Waals surface area (Å²) in [5, 5.41) is 3.39. The van der Waals surface area contributed by atoms with Crippen LogP contribution in [0, 0.1) is 6.92 Å². The van der Waals surface area contributed by atoms with Crippen molar-refractivity contribution in [3.8, 4) is 0 Å². The Morgan fingerprint density at radius 2 is 2.31 bits per heavy atom. The van der Waals surface area contributed by atoms with Crippen LogP contribution in [0.1, 0.15) is 17.8 Å². The van der Waals surface area contributed by atoms with Gasteiger partial charge < -0.3 is 10.1 Å². The maximum absolute atomic E-state index is 5.38. The number of nitrogens with one attached hydrogen (secondary N) is 1. The minimum atomic E-state index is 0.772. The van der Waals surface area contributed by atoms with Crippen LogP contribution >= 0.6 is 0 Å². The molecular weight excluding hydrogens is 200 g/mol. The topological polar surface area (TPSA) is 34.1 Å². The van der Waals surface area contributed by atoms with Crippen LogP contribution in [0.3, 0.4) is 0 Å². The van der Waals surface area contributed by atoms with Crippen LogP contribution in [0.4, 0.5) is 0 Å². The van der Waals surface area contributed by atoms with Gasteiger partial charge in [-0.2, -0.15) is 0 Å². The van der Waals surface area contributed by atoms with Gasteiger partial charge in [0.05, 0.1) is 18.9 Å². The second kappa shape index (κ2) is 5.77. The van der Waals surface area contributed by atoms with Crippen molar-refractivity contribution in [1.29, 1.82) is 0 Å². The highest BCUT2D eigenvalue weighted by atomic mass is 16.5. The number of hydrogen-bond acceptors (Lipinski definition) is 3. The fourth-order valence-corrected chi connectivity index (χ4v) is 1.78. The standard InChI is InChI=1S/C13H18N2O/c1-11-4-2-6-13(15-11)9-14-8-12-5-3-7-16-10-12/h2,4-6,14H,3,7-10H2,1H3. The summed E-state index contributed by atoms with van der Waals surface area (Å²) in [6.07, 6.45) is 3.31. The summed E-state index contributed by atoms with van der Waals surface area (Å²) in [7, 11) is 0. The lowest BCUT2D eigenvalue weighted by Crippen LogP contribution is -2.21. The van der Waals surface area contributed by atoms with Crippen LogP contribution in [-0.2, 0) is 11.3 Å². The molecule has 3 nitrogen and oxygen atoms in total. The average Bonchev–Trinajstić information content (AvgIpc) is 2.30. The van der Waals surface area contributed by atoms with Gasteiger partial charge >= 0.3 is 0 Å². The summed E-state index contributed by atoms with van der Waals surface area (Å²) in [6, 6.07) is 6.11. The predicted molar refractivity (Wildman–Crippen MR) is 64.2 cm³/mol. The number of nitrogens with zero attached hydrogens (tertiary/aromatic N) is 1. The highest BCUT2D eigenvalue weighted by Crippen LogP contribution is 2.04. The normalized spacial score (nSPS) is 15.9. The van der Waals surface area contributed by atoms with E-state index >= 15 is 0 Å². The molecule has 0 aromatic carbocycles. The van der Waals surface area contributed by atoms with Crippen LogP contribution < -0.4 is 5.32 Å². The Labute approximate surface area is 96.5 Å². The molecule has 1 N–H and O–H groups in total. The summed E-state index contributed by atoms with van der Waals surface area (Å²) >= 11 is 0. The summed E-state index contributed by atoms with van der Waals surface area (Å²) < 4.78 is 5.38. The van der Waals surface area contributed by atoms with E-state index in [4.69, 9.17) is 4.74 Å². The van der Waals surface area contributed by atoms with Crippen molar-refractivity contribution >= 4 is 0 Å². The van der Waals surface area contributed by atoms with Crippen molar-refractivity contribution in [1.82, 2.24) is 10.3 Å². The smallest absolute Gasteiger partial charge is 0.0689 e. The Balaban J connectivity index is 1.77. The van der Waals surface area contributed by atoms with E-state index in [-0.39, 0.29) is 0 Å². The lowest BCUT2D eigenvalue weighted by atomic mass is 10.2. The molecule has 0 unspecified atom stereocenters. The molecule has 1 aliphatic heterocycles. The lowest BCUT2D eigenvalue weighted by molar-refractivity contribution is 0.148. The van der Waals surface area contributed by atoms with E-state index in [0.29, 0.717) is 0 Å². The zero-order valence-electron chi connectivity index (χ0n) is 9.70. The second-order valence-corrected chi connectivity index (χ2v) is 4.08. The minimum absolute atomic E-state index is 0.772. The Morgan fingerprint density at radius 3 is 3.06 bits per heavy atom. The summed E-state index contributed by atoms with van der Waals surface area (Å²) in [6.45, 7) is 5.37. The van der Waals surface area contributed by atoms with Gasteiger partial charge in [-0.25, -0.2) is 0 Å². The van der Waals surface area contributed by atoms with Gasteiger partial charge in [-0.15, -0.1) is 0 Å². The number of ether oxygens (including phenoxy) is 1. The fourth-order valence-electron chi connectivity index (χ4n) is 1.78. The van der Waals surface area contributed by atoms with E-state index in [1.165, 1.54) is 5.57 Å². The molecule has 1 aromatic rings. The first-order chi connectivity index (χ1) is 7.84. The van der Waals surface area contributed by atoms with Gasteiger partial charge in [0.2, 0.25) is 0 Å². The second-order valence-electron chi connectivity index (χ2n) is 4.08. The molecule has 0 spiro atoms. The molecule has 3 heteroatoms. The molecule has 0 bridgehead atoms. The first-order valence-electron chi connectivity index (χ1n) is 5.73. The van der Waals surface area contributed by atoms with E-state index in [1.807, 2.05) is 25.1 Å². The van der Waals surface area contributed by atoms with Gasteiger partial charge in [0.25, 0.3) is 0 Å². The minimum Gasteiger partial charge on any atom is -0.377 e. The molecule has 0 saturated carbocycles. The van der Waals surface area contributed by atoms with Crippen molar-refractivity contribution in [3.05, 3.63) is 41.2 Å². The Morgan fingerprint density at radius 1 is 1.38 bits per heavy atom. The molecule has 0 radical (unpaired) electrons. The Hall–Kier alpha value is -1.19. The molecule has 1 aromatic heterocycles. The van der Waals surface area contributed by atoms with Crippen molar-refractivity contribution in [2.75, 3.05) is 19.8 Å². The molecule has 86 valence electrons. The third-order valence-corrected chi connectivity index (χ3v) is 2.59. The largest absolute Gasteiger partial charge is 0.377 e. The molecule has 2 rings (SSSR count). The molecule has 16 heavy (non-hydrogen) atoms. The third kappa shape index (κ3) is 3.43. The maximum atomic E-state index is 5.38. The van der Waals surface area contributed by atoms with Crippen LogP contribution in [0.5, 0.6) is 0 Å². The van der Waals surface area contributed by atoms with Crippen LogP contribution in [0.2, 0.25) is 0 Å². The van der Waals surface area contributed by atoms with Gasteiger partial charge in [-0.1, -0.05) is 12.1 Å². The van der Waals surface area contributed by atoms with Crippen molar-refractivity contribution in [2.45, 2.75) is 19.9 Å². The quantitative estimate of drug-likeness (QED) is 0.783. The highest BCUT2D eigenvalue weighted by molar-refractivity contribution is 5.11. The SMILES string of the molecule is Cc1cccc(CNCC2=CCCOC2)n1. The van der Waals surface area contributed by atoms with E-state index < -0.39 is 0 Å². The molecular formula is C13H18N2O. The zero-order chi connectivity index (χ0) is 11.2. The first-order valence-corrected chi connectivity index (χ1v) is 5.73. The number of aromatic nitrogens is 1. The van der Waals surface area contributed by atoms with Gasteiger partial charge in [-0.3, -0.25) is 4.98 Å². The fraction of sp³-hybridized carbons (Fsp3) is 0.462. The average molecular weight is 218 g/mol. The third-order valence-electron chi connectivity index (χ3n) is 2.59. The van der Waals surface area contributed by atoms with E-state index in [9.17, 15) is 0 Å². The first kappa shape index (κ1) is 11.3. The molecule has 0 amide bonds. The Bertz CT molecular complexity index is 374. The van der Waals surface area contributed by atoms with Gasteiger partial charge in [0, 0.05) is 18.8 Å². The Kier molecular flexibility index (Phi) is 4.08. The van der Waals surface area contributed by atoms with Gasteiger partial charge in [0.1, 0.15) is 0 Å². The van der Waals surface area contributed by atoms with Gasteiger partial charge in [-0.05, 0) is 31.1 Å². The number of hydrogen-bond donors (Lipinski definition) is 1. The molecule has 2 heterocycles. The monoisotopic (exact) mass is 218 g/mol. The zero-order valence-corrected chi connectivity index (χ0v) is 9.70. The summed E-state index contributed by atoms with van der Waals surface area (Å²) in [5.74, 6) is 0. The summed E-state index contributed by atoms with van der Waals surface area (Å²) in [4.78, 5) is 4.44. The number of rotatable bonds is 4.